The average molecular weight is 245 g/mol. The summed E-state index contributed by atoms with van der Waals surface area (Å²) in [4.78, 5) is 20.5. The number of anilines is 1. The van der Waals surface area contributed by atoms with Crippen LogP contribution in [0.2, 0.25) is 5.15 Å². The van der Waals surface area contributed by atoms with Crippen LogP contribution in [0.25, 0.3) is 0 Å². The van der Waals surface area contributed by atoms with Gasteiger partial charge in [0.15, 0.2) is 0 Å². The highest BCUT2D eigenvalue weighted by Crippen LogP contribution is 2.21. The zero-order chi connectivity index (χ0) is 12.1. The molecule has 0 aromatic carbocycles. The third-order valence-corrected chi connectivity index (χ3v) is 2.38. The van der Waals surface area contributed by atoms with Crippen LogP contribution in [-0.4, -0.2) is 41.6 Å². The van der Waals surface area contributed by atoms with Crippen molar-refractivity contribution in [2.45, 2.75) is 6.61 Å². The summed E-state index contributed by atoms with van der Waals surface area (Å²) in [5.41, 5.74) is 0.413. The predicted octanol–water partition coefficient (Wildman–Crippen LogP) is -0.196. The van der Waals surface area contributed by atoms with Crippen molar-refractivity contribution < 1.29 is 9.90 Å². The lowest BCUT2D eigenvalue weighted by atomic mass is 10.3. The van der Waals surface area contributed by atoms with Gasteiger partial charge in [0.2, 0.25) is 5.91 Å². The molecule has 1 aromatic rings. The van der Waals surface area contributed by atoms with Crippen molar-refractivity contribution in [2.75, 3.05) is 25.5 Å². The Hall–Kier alpha value is -1.40. The number of nitrogens with one attached hydrogen (secondary N) is 1. The highest BCUT2D eigenvalue weighted by Gasteiger charge is 2.14. The standard InChI is InChI=1S/C9H13ClN4O2/c1-11-7(16)3-14(2)9-6(4-15)8(10)12-5-13-9/h5,15H,3-4H2,1-2H3,(H,11,16). The summed E-state index contributed by atoms with van der Waals surface area (Å²) in [6.45, 7) is -0.135. The number of carbonyl (C=O) groups is 1. The van der Waals surface area contributed by atoms with E-state index in [1.165, 1.54) is 6.33 Å². The lowest BCUT2D eigenvalue weighted by molar-refractivity contribution is -0.119. The second-order valence-corrected chi connectivity index (χ2v) is 3.51. The number of aliphatic hydroxyl groups is 1. The monoisotopic (exact) mass is 244 g/mol. The summed E-state index contributed by atoms with van der Waals surface area (Å²) >= 11 is 5.81. The molecule has 0 saturated carbocycles. The van der Waals surface area contributed by atoms with E-state index in [4.69, 9.17) is 16.7 Å². The topological polar surface area (TPSA) is 78.4 Å². The van der Waals surface area contributed by atoms with Crippen LogP contribution in [0.15, 0.2) is 6.33 Å². The van der Waals surface area contributed by atoms with Crippen molar-refractivity contribution in [2.24, 2.45) is 0 Å². The second-order valence-electron chi connectivity index (χ2n) is 3.15. The maximum atomic E-state index is 11.2. The zero-order valence-corrected chi connectivity index (χ0v) is 9.82. The number of carbonyl (C=O) groups excluding carboxylic acids is 1. The van der Waals surface area contributed by atoms with E-state index in [0.717, 1.165) is 0 Å². The number of aromatic nitrogens is 2. The molecule has 0 bridgehead atoms. The molecule has 1 aromatic heterocycles. The molecule has 6 nitrogen and oxygen atoms in total. The molecule has 0 unspecified atom stereocenters. The maximum absolute atomic E-state index is 11.2. The molecule has 0 fully saturated rings. The van der Waals surface area contributed by atoms with Gasteiger partial charge in [-0.3, -0.25) is 4.79 Å². The molecule has 1 amide bonds. The molecule has 7 heteroatoms. The molecule has 88 valence electrons. The lowest BCUT2D eigenvalue weighted by Gasteiger charge is -2.19. The lowest BCUT2D eigenvalue weighted by Crippen LogP contribution is -2.34. The first kappa shape index (κ1) is 12.7. The largest absolute Gasteiger partial charge is 0.391 e. The number of nitrogens with zero attached hydrogens (tertiary/aromatic N) is 3. The van der Waals surface area contributed by atoms with Gasteiger partial charge in [0.05, 0.1) is 18.7 Å². The number of hydrogen-bond donors (Lipinski definition) is 2. The maximum Gasteiger partial charge on any atom is 0.239 e. The van der Waals surface area contributed by atoms with Gasteiger partial charge in [0.25, 0.3) is 0 Å². The molecule has 0 aliphatic heterocycles. The Morgan fingerprint density at radius 3 is 2.88 bits per heavy atom. The minimum absolute atomic E-state index is 0.136. The first-order valence-electron chi connectivity index (χ1n) is 4.62. The van der Waals surface area contributed by atoms with E-state index in [0.29, 0.717) is 11.4 Å². The minimum Gasteiger partial charge on any atom is -0.391 e. The highest BCUT2D eigenvalue weighted by molar-refractivity contribution is 6.30. The number of halogens is 1. The van der Waals surface area contributed by atoms with Crippen molar-refractivity contribution in [3.05, 3.63) is 17.0 Å². The fraction of sp³-hybridized carbons (Fsp3) is 0.444. The minimum atomic E-state index is -0.271. The highest BCUT2D eigenvalue weighted by atomic mass is 35.5. The summed E-state index contributed by atoms with van der Waals surface area (Å²) in [7, 11) is 3.24. The van der Waals surface area contributed by atoms with E-state index in [1.807, 2.05) is 0 Å². The van der Waals surface area contributed by atoms with Crippen LogP contribution < -0.4 is 10.2 Å². The van der Waals surface area contributed by atoms with E-state index in [9.17, 15) is 4.79 Å². The number of hydrogen-bond acceptors (Lipinski definition) is 5. The second kappa shape index (κ2) is 5.62. The summed E-state index contributed by atoms with van der Waals surface area (Å²) in [5, 5.41) is 11.8. The Labute approximate surface area is 98.3 Å². The molecular weight excluding hydrogens is 232 g/mol. The smallest absolute Gasteiger partial charge is 0.239 e. The fourth-order valence-corrected chi connectivity index (χ4v) is 1.40. The van der Waals surface area contributed by atoms with Crippen LogP contribution in [0, 0.1) is 0 Å². The van der Waals surface area contributed by atoms with Gasteiger partial charge in [-0.25, -0.2) is 9.97 Å². The number of amides is 1. The van der Waals surface area contributed by atoms with Crippen molar-refractivity contribution in [3.8, 4) is 0 Å². The Kier molecular flexibility index (Phi) is 4.45. The first-order chi connectivity index (χ1) is 7.60. The van der Waals surface area contributed by atoms with Gasteiger partial charge in [0.1, 0.15) is 17.3 Å². The average Bonchev–Trinajstić information content (AvgIpc) is 2.28. The van der Waals surface area contributed by atoms with Gasteiger partial charge in [-0.1, -0.05) is 11.6 Å². The van der Waals surface area contributed by atoms with Crippen LogP contribution in [0.4, 0.5) is 5.82 Å². The first-order valence-corrected chi connectivity index (χ1v) is 5.00. The van der Waals surface area contributed by atoms with Crippen LogP contribution in [-0.2, 0) is 11.4 Å². The molecule has 0 aliphatic rings. The van der Waals surface area contributed by atoms with Crippen LogP contribution in [0.3, 0.4) is 0 Å². The summed E-state index contributed by atoms with van der Waals surface area (Å²) < 4.78 is 0. The summed E-state index contributed by atoms with van der Waals surface area (Å²) in [6.07, 6.45) is 1.29. The van der Waals surface area contributed by atoms with Crippen molar-refractivity contribution in [1.29, 1.82) is 0 Å². The van der Waals surface area contributed by atoms with Gasteiger partial charge < -0.3 is 15.3 Å². The molecule has 16 heavy (non-hydrogen) atoms. The normalized spacial score (nSPS) is 10.0. The van der Waals surface area contributed by atoms with Crippen LogP contribution >= 0.6 is 11.6 Å². The molecule has 0 aliphatic carbocycles. The Bertz CT molecular complexity index is 386. The van der Waals surface area contributed by atoms with E-state index >= 15 is 0 Å². The van der Waals surface area contributed by atoms with Gasteiger partial charge in [-0.15, -0.1) is 0 Å². The molecule has 1 rings (SSSR count). The van der Waals surface area contributed by atoms with Gasteiger partial charge in [-0.05, 0) is 0 Å². The van der Waals surface area contributed by atoms with Crippen molar-refractivity contribution in [3.63, 3.8) is 0 Å². The number of rotatable bonds is 4. The van der Waals surface area contributed by atoms with Gasteiger partial charge in [-0.2, -0.15) is 0 Å². The Balaban J connectivity index is 2.94. The molecule has 1 heterocycles. The molecule has 0 spiro atoms. The molecule has 0 saturated heterocycles. The third-order valence-electron chi connectivity index (χ3n) is 2.05. The fourth-order valence-electron chi connectivity index (χ4n) is 1.22. The third kappa shape index (κ3) is 2.80. The molecule has 0 atom stereocenters. The van der Waals surface area contributed by atoms with Crippen LogP contribution in [0.1, 0.15) is 5.56 Å². The quantitative estimate of drug-likeness (QED) is 0.718. The predicted molar refractivity (Wildman–Crippen MR) is 60.3 cm³/mol. The van der Waals surface area contributed by atoms with Crippen LogP contribution in [0.5, 0.6) is 0 Å². The van der Waals surface area contributed by atoms with Crippen molar-refractivity contribution in [1.82, 2.24) is 15.3 Å². The summed E-state index contributed by atoms with van der Waals surface area (Å²) in [6, 6.07) is 0. The molecular formula is C9H13ClN4O2. The Morgan fingerprint density at radius 2 is 2.31 bits per heavy atom. The van der Waals surface area contributed by atoms with Crippen molar-refractivity contribution >= 4 is 23.3 Å². The van der Waals surface area contributed by atoms with Gasteiger partial charge >= 0.3 is 0 Å². The van der Waals surface area contributed by atoms with E-state index < -0.39 is 0 Å². The number of aliphatic hydroxyl groups excluding tert-OH is 1. The Morgan fingerprint density at radius 1 is 1.62 bits per heavy atom. The SMILES string of the molecule is CNC(=O)CN(C)c1ncnc(Cl)c1CO. The van der Waals surface area contributed by atoms with E-state index in [1.54, 1.807) is 19.0 Å². The van der Waals surface area contributed by atoms with E-state index in [-0.39, 0.29) is 24.2 Å². The van der Waals surface area contributed by atoms with Gasteiger partial charge in [0, 0.05) is 14.1 Å². The zero-order valence-electron chi connectivity index (χ0n) is 9.07. The molecule has 0 radical (unpaired) electrons. The number of likely N-dealkylation sites (N-methyl/N-ethyl adjacent to an activating group) is 2. The molecule has 2 N–H and O–H groups in total. The van der Waals surface area contributed by atoms with E-state index in [2.05, 4.69) is 15.3 Å². The summed E-state index contributed by atoms with van der Waals surface area (Å²) in [5.74, 6) is 0.298.